The Balaban J connectivity index is 1.58. The second-order valence-electron chi connectivity index (χ2n) is 7.35. The lowest BCUT2D eigenvalue weighted by molar-refractivity contribution is -0.140. The third kappa shape index (κ3) is 5.84. The lowest BCUT2D eigenvalue weighted by atomic mass is 10.1. The first kappa shape index (κ1) is 23.7. The highest BCUT2D eigenvalue weighted by atomic mass is 32.2. The monoisotopic (exact) mass is 461 g/mol. The Morgan fingerprint density at radius 2 is 1.72 bits per heavy atom. The van der Waals surface area contributed by atoms with Crippen molar-refractivity contribution >= 4 is 21.8 Å². The first-order valence-electron chi connectivity index (χ1n) is 10.2. The minimum atomic E-state index is -3.85. The molecule has 32 heavy (non-hydrogen) atoms. The van der Waals surface area contributed by atoms with Crippen molar-refractivity contribution in [2.75, 3.05) is 26.8 Å². The van der Waals surface area contributed by atoms with Crippen LogP contribution >= 0.6 is 0 Å². The number of rotatable bonds is 7. The van der Waals surface area contributed by atoms with Crippen molar-refractivity contribution in [1.82, 2.24) is 14.9 Å². The summed E-state index contributed by atoms with van der Waals surface area (Å²) in [5.74, 6) is -1.11. The molecular weight excluding hydrogens is 434 g/mol. The van der Waals surface area contributed by atoms with E-state index in [2.05, 4.69) is 10.6 Å². The largest absolute Gasteiger partial charge is 0.497 e. The third-order valence-corrected chi connectivity index (χ3v) is 6.94. The molecule has 2 N–H and O–H groups in total. The van der Waals surface area contributed by atoms with Gasteiger partial charge in [0.2, 0.25) is 10.0 Å². The van der Waals surface area contributed by atoms with Gasteiger partial charge in [-0.05, 0) is 43.2 Å². The number of methoxy groups -OCH3 is 1. The maximum absolute atomic E-state index is 13.1. The van der Waals surface area contributed by atoms with Crippen molar-refractivity contribution in [3.05, 3.63) is 59.7 Å². The van der Waals surface area contributed by atoms with Crippen molar-refractivity contribution in [2.24, 2.45) is 0 Å². The average molecular weight is 462 g/mol. The van der Waals surface area contributed by atoms with E-state index < -0.39 is 28.1 Å². The van der Waals surface area contributed by atoms with Gasteiger partial charge in [-0.3, -0.25) is 9.59 Å². The molecule has 1 heterocycles. The number of amides is 2. The number of carbonyl (C=O) groups is 2. The second-order valence-corrected chi connectivity index (χ2v) is 9.24. The van der Waals surface area contributed by atoms with Crippen LogP contribution in [-0.2, 0) is 30.9 Å². The van der Waals surface area contributed by atoms with Crippen LogP contribution in [-0.4, -0.2) is 57.6 Å². The Labute approximate surface area is 187 Å². The zero-order valence-electron chi connectivity index (χ0n) is 18.0. The molecule has 0 bridgehead atoms. The standard InChI is InChI=1S/C22H27N3O6S/c1-16-4-6-17(7-5-16)14-23-21(26)22(27)24-15-20-25(12-3-13-31-20)32(28,29)19-10-8-18(30-2)9-11-19/h4-11,20H,3,12-15H2,1-2H3,(H,23,26)(H,24,27)/t20-/m0/s1. The van der Waals surface area contributed by atoms with E-state index in [0.29, 0.717) is 18.8 Å². The van der Waals surface area contributed by atoms with Crippen molar-refractivity contribution in [3.63, 3.8) is 0 Å². The van der Waals surface area contributed by atoms with E-state index in [1.165, 1.54) is 23.5 Å². The Morgan fingerprint density at radius 3 is 2.38 bits per heavy atom. The van der Waals surface area contributed by atoms with Gasteiger partial charge in [-0.1, -0.05) is 29.8 Å². The number of nitrogens with one attached hydrogen (secondary N) is 2. The molecule has 0 saturated carbocycles. The van der Waals surface area contributed by atoms with E-state index in [1.807, 2.05) is 31.2 Å². The number of aryl methyl sites for hydroxylation is 1. The number of carbonyl (C=O) groups excluding carboxylic acids is 2. The number of nitrogens with zero attached hydrogens (tertiary/aromatic N) is 1. The molecule has 10 heteroatoms. The number of sulfonamides is 1. The van der Waals surface area contributed by atoms with Crippen LogP contribution < -0.4 is 15.4 Å². The van der Waals surface area contributed by atoms with Gasteiger partial charge < -0.3 is 20.1 Å². The molecule has 9 nitrogen and oxygen atoms in total. The van der Waals surface area contributed by atoms with E-state index in [0.717, 1.165) is 11.1 Å². The van der Waals surface area contributed by atoms with Crippen molar-refractivity contribution in [1.29, 1.82) is 0 Å². The van der Waals surface area contributed by atoms with Crippen molar-refractivity contribution in [2.45, 2.75) is 31.0 Å². The molecule has 172 valence electrons. The van der Waals surface area contributed by atoms with Gasteiger partial charge in [0.15, 0.2) is 0 Å². The molecule has 2 aromatic carbocycles. The lowest BCUT2D eigenvalue weighted by Gasteiger charge is -2.34. The highest BCUT2D eigenvalue weighted by Crippen LogP contribution is 2.23. The summed E-state index contributed by atoms with van der Waals surface area (Å²) in [5, 5.41) is 5.02. The molecular formula is C22H27N3O6S. The van der Waals surface area contributed by atoms with Crippen LogP contribution in [0.1, 0.15) is 17.5 Å². The molecule has 0 aliphatic carbocycles. The molecule has 1 atom stereocenters. The van der Waals surface area contributed by atoms with Gasteiger partial charge in [0.1, 0.15) is 12.0 Å². The van der Waals surface area contributed by atoms with Gasteiger partial charge >= 0.3 is 11.8 Å². The molecule has 2 aromatic rings. The Morgan fingerprint density at radius 1 is 1.06 bits per heavy atom. The topological polar surface area (TPSA) is 114 Å². The zero-order chi connectivity index (χ0) is 23.1. The summed E-state index contributed by atoms with van der Waals surface area (Å²) >= 11 is 0. The van der Waals surface area contributed by atoms with Crippen LogP contribution in [0.4, 0.5) is 0 Å². The summed E-state index contributed by atoms with van der Waals surface area (Å²) in [6.07, 6.45) is -0.388. The van der Waals surface area contributed by atoms with E-state index in [4.69, 9.17) is 9.47 Å². The minimum absolute atomic E-state index is 0.0935. The summed E-state index contributed by atoms with van der Waals surface area (Å²) in [7, 11) is -2.36. The highest BCUT2D eigenvalue weighted by Gasteiger charge is 2.35. The van der Waals surface area contributed by atoms with Crippen LogP contribution in [0.15, 0.2) is 53.4 Å². The molecule has 1 saturated heterocycles. The fraction of sp³-hybridized carbons (Fsp3) is 0.364. The summed E-state index contributed by atoms with van der Waals surface area (Å²) in [6.45, 7) is 2.63. The second kappa shape index (κ2) is 10.6. The van der Waals surface area contributed by atoms with E-state index in [-0.39, 0.29) is 24.5 Å². The van der Waals surface area contributed by atoms with E-state index in [9.17, 15) is 18.0 Å². The molecule has 2 amide bonds. The summed E-state index contributed by atoms with van der Waals surface area (Å²) in [6, 6.07) is 13.6. The maximum atomic E-state index is 13.1. The summed E-state index contributed by atoms with van der Waals surface area (Å²) in [5.41, 5.74) is 1.96. The zero-order valence-corrected chi connectivity index (χ0v) is 18.9. The number of hydrogen-bond acceptors (Lipinski definition) is 6. The van der Waals surface area contributed by atoms with Crippen molar-refractivity contribution < 1.29 is 27.5 Å². The maximum Gasteiger partial charge on any atom is 0.309 e. The molecule has 3 rings (SSSR count). The highest BCUT2D eigenvalue weighted by molar-refractivity contribution is 7.89. The molecule has 0 aromatic heterocycles. The molecule has 0 spiro atoms. The Hall–Kier alpha value is -2.95. The van der Waals surface area contributed by atoms with Gasteiger partial charge in [-0.15, -0.1) is 0 Å². The van der Waals surface area contributed by atoms with E-state index >= 15 is 0 Å². The first-order chi connectivity index (χ1) is 15.3. The number of hydrogen-bond donors (Lipinski definition) is 2. The molecule has 1 aliphatic rings. The Bertz CT molecular complexity index is 1040. The minimum Gasteiger partial charge on any atom is -0.497 e. The smallest absolute Gasteiger partial charge is 0.309 e. The number of benzene rings is 2. The van der Waals surface area contributed by atoms with Crippen LogP contribution in [0, 0.1) is 6.92 Å². The quantitative estimate of drug-likeness (QED) is 0.599. The average Bonchev–Trinajstić information content (AvgIpc) is 2.82. The van der Waals surface area contributed by atoms with Crippen LogP contribution in [0.5, 0.6) is 5.75 Å². The predicted molar refractivity (Wildman–Crippen MR) is 117 cm³/mol. The molecule has 0 radical (unpaired) electrons. The predicted octanol–water partition coefficient (Wildman–Crippen LogP) is 1.17. The molecule has 1 aliphatic heterocycles. The van der Waals surface area contributed by atoms with Gasteiger partial charge in [-0.25, -0.2) is 8.42 Å². The first-order valence-corrected chi connectivity index (χ1v) is 11.6. The summed E-state index contributed by atoms with van der Waals surface area (Å²) < 4.78 is 38.0. The summed E-state index contributed by atoms with van der Waals surface area (Å²) in [4.78, 5) is 24.4. The lowest BCUT2D eigenvalue weighted by Crippen LogP contribution is -2.53. The van der Waals surface area contributed by atoms with Gasteiger partial charge in [0.25, 0.3) is 0 Å². The fourth-order valence-electron chi connectivity index (χ4n) is 3.21. The third-order valence-electron chi connectivity index (χ3n) is 5.04. The number of ether oxygens (including phenoxy) is 2. The van der Waals surface area contributed by atoms with Crippen LogP contribution in [0.25, 0.3) is 0 Å². The Kier molecular flexibility index (Phi) is 7.84. The normalized spacial score (nSPS) is 16.9. The van der Waals surface area contributed by atoms with Crippen molar-refractivity contribution in [3.8, 4) is 5.75 Å². The van der Waals surface area contributed by atoms with Gasteiger partial charge in [0, 0.05) is 13.1 Å². The SMILES string of the molecule is COc1ccc(S(=O)(=O)N2CCCO[C@H]2CNC(=O)C(=O)NCc2ccc(C)cc2)cc1. The molecule has 1 fully saturated rings. The van der Waals surface area contributed by atoms with E-state index in [1.54, 1.807) is 12.1 Å². The van der Waals surface area contributed by atoms with Crippen LogP contribution in [0.3, 0.4) is 0 Å². The molecule has 0 unspecified atom stereocenters. The fourth-order valence-corrected chi connectivity index (χ4v) is 4.78. The van der Waals surface area contributed by atoms with Gasteiger partial charge in [0.05, 0.1) is 25.2 Å². The van der Waals surface area contributed by atoms with Crippen LogP contribution in [0.2, 0.25) is 0 Å². The van der Waals surface area contributed by atoms with Gasteiger partial charge in [-0.2, -0.15) is 4.31 Å².